The minimum atomic E-state index is -0.918. The van der Waals surface area contributed by atoms with E-state index in [2.05, 4.69) is 6.58 Å². The predicted molar refractivity (Wildman–Crippen MR) is 72.2 cm³/mol. The van der Waals surface area contributed by atoms with E-state index in [1.165, 1.54) is 6.08 Å². The highest BCUT2D eigenvalue weighted by atomic mass is 16.4. The van der Waals surface area contributed by atoms with Gasteiger partial charge in [-0.2, -0.15) is 0 Å². The van der Waals surface area contributed by atoms with E-state index in [1.54, 1.807) is 17.0 Å². The van der Waals surface area contributed by atoms with E-state index in [0.717, 1.165) is 24.9 Å². The second kappa shape index (κ2) is 5.69. The third kappa shape index (κ3) is 3.02. The largest absolute Gasteiger partial charge is 0.478 e. The van der Waals surface area contributed by atoms with Crippen LogP contribution in [-0.4, -0.2) is 35.0 Å². The second-order valence-corrected chi connectivity index (χ2v) is 4.75. The number of hydrogen-bond acceptors (Lipinski definition) is 2. The average molecular weight is 259 g/mol. The summed E-state index contributed by atoms with van der Waals surface area (Å²) in [7, 11) is 0. The summed E-state index contributed by atoms with van der Waals surface area (Å²) >= 11 is 0. The molecule has 4 nitrogen and oxygen atoms in total. The van der Waals surface area contributed by atoms with Crippen molar-refractivity contribution in [2.45, 2.75) is 18.8 Å². The molecule has 1 saturated heterocycles. The first kappa shape index (κ1) is 13.3. The molecule has 1 atom stereocenters. The highest BCUT2D eigenvalue weighted by Crippen LogP contribution is 2.27. The normalized spacial score (nSPS) is 18.9. The summed E-state index contributed by atoms with van der Waals surface area (Å²) in [6.45, 7) is 4.96. The van der Waals surface area contributed by atoms with Crippen molar-refractivity contribution in [3.05, 3.63) is 48.0 Å². The summed E-state index contributed by atoms with van der Waals surface area (Å²) in [5, 5.41) is 8.87. The predicted octanol–water partition coefficient (Wildman–Crippen LogP) is 2.28. The van der Waals surface area contributed by atoms with Gasteiger partial charge in [-0.25, -0.2) is 4.79 Å². The van der Waals surface area contributed by atoms with E-state index in [0.29, 0.717) is 12.1 Å². The molecule has 0 aromatic heterocycles. The molecule has 0 radical (unpaired) electrons. The zero-order chi connectivity index (χ0) is 13.8. The first-order valence-electron chi connectivity index (χ1n) is 6.36. The Morgan fingerprint density at radius 3 is 2.58 bits per heavy atom. The summed E-state index contributed by atoms with van der Waals surface area (Å²) < 4.78 is 0. The molecule has 4 heteroatoms. The van der Waals surface area contributed by atoms with Crippen LogP contribution in [0.15, 0.2) is 36.9 Å². The van der Waals surface area contributed by atoms with Gasteiger partial charge in [0.2, 0.25) is 5.91 Å². The zero-order valence-electron chi connectivity index (χ0n) is 10.7. The fraction of sp³-hybridized carbons (Fsp3) is 0.333. The van der Waals surface area contributed by atoms with Crippen LogP contribution in [0, 0.1) is 0 Å². The van der Waals surface area contributed by atoms with Crippen molar-refractivity contribution in [1.82, 2.24) is 4.90 Å². The summed E-state index contributed by atoms with van der Waals surface area (Å²) in [6.07, 6.45) is 3.33. The van der Waals surface area contributed by atoms with Crippen LogP contribution in [0.4, 0.5) is 0 Å². The fourth-order valence-corrected chi connectivity index (χ4v) is 2.48. The molecule has 0 saturated carbocycles. The number of hydrogen-bond donors (Lipinski definition) is 1. The number of carbonyl (C=O) groups is 2. The molecular weight excluding hydrogens is 242 g/mol. The molecule has 100 valence electrons. The molecule has 1 aliphatic heterocycles. The van der Waals surface area contributed by atoms with Crippen LogP contribution >= 0.6 is 0 Å². The monoisotopic (exact) mass is 259 g/mol. The van der Waals surface area contributed by atoms with Crippen molar-refractivity contribution in [1.29, 1.82) is 0 Å². The molecule has 0 aliphatic carbocycles. The number of carbonyl (C=O) groups excluding carboxylic acids is 1. The number of amides is 1. The highest BCUT2D eigenvalue weighted by molar-refractivity contribution is 5.88. The molecule has 1 aromatic rings. The van der Waals surface area contributed by atoms with Gasteiger partial charge in [-0.1, -0.05) is 18.7 Å². The number of carboxylic acid groups (broad SMARTS) is 1. The van der Waals surface area contributed by atoms with E-state index in [9.17, 15) is 9.59 Å². The molecule has 1 aromatic carbocycles. The van der Waals surface area contributed by atoms with Gasteiger partial charge < -0.3 is 10.0 Å². The summed E-state index contributed by atoms with van der Waals surface area (Å²) in [5.74, 6) is -0.675. The van der Waals surface area contributed by atoms with Gasteiger partial charge in [0.05, 0.1) is 5.56 Å². The zero-order valence-corrected chi connectivity index (χ0v) is 10.7. The smallest absolute Gasteiger partial charge is 0.335 e. The number of piperidine rings is 1. The lowest BCUT2D eigenvalue weighted by atomic mass is 9.90. The van der Waals surface area contributed by atoms with E-state index in [4.69, 9.17) is 5.11 Å². The second-order valence-electron chi connectivity index (χ2n) is 4.75. The van der Waals surface area contributed by atoms with Gasteiger partial charge in [0.15, 0.2) is 0 Å². The number of likely N-dealkylation sites (tertiary alicyclic amines) is 1. The lowest BCUT2D eigenvalue weighted by molar-refractivity contribution is -0.127. The van der Waals surface area contributed by atoms with Crippen LogP contribution in [0.2, 0.25) is 0 Å². The number of nitrogens with zero attached hydrogens (tertiary/aromatic N) is 1. The van der Waals surface area contributed by atoms with Gasteiger partial charge in [-0.3, -0.25) is 4.79 Å². The molecule has 0 bridgehead atoms. The number of carboxylic acids is 1. The average Bonchev–Trinajstić information content (AvgIpc) is 2.46. The van der Waals surface area contributed by atoms with Gasteiger partial charge in [0.25, 0.3) is 0 Å². The molecule has 19 heavy (non-hydrogen) atoms. The van der Waals surface area contributed by atoms with Crippen LogP contribution in [-0.2, 0) is 4.79 Å². The Kier molecular flexibility index (Phi) is 4.00. The number of aromatic carboxylic acids is 1. The first-order chi connectivity index (χ1) is 9.11. The molecule has 1 unspecified atom stereocenters. The van der Waals surface area contributed by atoms with E-state index in [1.807, 2.05) is 12.1 Å². The molecule has 1 heterocycles. The Hall–Kier alpha value is -2.10. The molecule has 0 spiro atoms. The van der Waals surface area contributed by atoms with Gasteiger partial charge in [0.1, 0.15) is 0 Å². The first-order valence-corrected chi connectivity index (χ1v) is 6.36. The molecule has 1 aliphatic rings. The molecule has 1 N–H and O–H groups in total. The molecule has 1 amide bonds. The van der Waals surface area contributed by atoms with Crippen molar-refractivity contribution in [3.63, 3.8) is 0 Å². The Labute approximate surface area is 112 Å². The lowest BCUT2D eigenvalue weighted by Crippen LogP contribution is -2.38. The topological polar surface area (TPSA) is 57.6 Å². The number of rotatable bonds is 3. The third-order valence-electron chi connectivity index (χ3n) is 3.54. The van der Waals surface area contributed by atoms with Crippen LogP contribution in [0.5, 0.6) is 0 Å². The maximum Gasteiger partial charge on any atom is 0.335 e. The van der Waals surface area contributed by atoms with Gasteiger partial charge in [-0.15, -0.1) is 0 Å². The third-order valence-corrected chi connectivity index (χ3v) is 3.54. The Morgan fingerprint density at radius 2 is 2.00 bits per heavy atom. The van der Waals surface area contributed by atoms with Gasteiger partial charge >= 0.3 is 5.97 Å². The van der Waals surface area contributed by atoms with E-state index >= 15 is 0 Å². The van der Waals surface area contributed by atoms with Crippen LogP contribution < -0.4 is 0 Å². The summed E-state index contributed by atoms with van der Waals surface area (Å²) in [4.78, 5) is 24.2. The summed E-state index contributed by atoms with van der Waals surface area (Å²) in [5.41, 5.74) is 1.38. The van der Waals surface area contributed by atoms with Crippen molar-refractivity contribution >= 4 is 11.9 Å². The standard InChI is InChI=1S/C15H17NO3/c1-2-14(17)16-9-3-4-13(10-16)11-5-7-12(8-6-11)15(18)19/h2,5-8,13H,1,3-4,9-10H2,(H,18,19). The summed E-state index contributed by atoms with van der Waals surface area (Å²) in [6, 6.07) is 6.92. The van der Waals surface area contributed by atoms with Crippen molar-refractivity contribution in [3.8, 4) is 0 Å². The Morgan fingerprint density at radius 1 is 1.32 bits per heavy atom. The highest BCUT2D eigenvalue weighted by Gasteiger charge is 2.23. The lowest BCUT2D eigenvalue weighted by Gasteiger charge is -2.32. The Balaban J connectivity index is 2.10. The maximum atomic E-state index is 11.6. The van der Waals surface area contributed by atoms with E-state index in [-0.39, 0.29) is 11.8 Å². The SMILES string of the molecule is C=CC(=O)N1CCCC(c2ccc(C(=O)O)cc2)C1. The van der Waals surface area contributed by atoms with Crippen LogP contribution in [0.1, 0.15) is 34.7 Å². The maximum absolute atomic E-state index is 11.6. The van der Waals surface area contributed by atoms with Crippen molar-refractivity contribution in [2.75, 3.05) is 13.1 Å². The van der Waals surface area contributed by atoms with Crippen LogP contribution in [0.25, 0.3) is 0 Å². The van der Waals surface area contributed by atoms with Crippen LogP contribution in [0.3, 0.4) is 0 Å². The Bertz CT molecular complexity index is 493. The van der Waals surface area contributed by atoms with E-state index < -0.39 is 5.97 Å². The quantitative estimate of drug-likeness (QED) is 0.847. The fourth-order valence-electron chi connectivity index (χ4n) is 2.48. The minimum Gasteiger partial charge on any atom is -0.478 e. The van der Waals surface area contributed by atoms with Crippen molar-refractivity contribution < 1.29 is 14.7 Å². The number of benzene rings is 1. The molecule has 1 fully saturated rings. The van der Waals surface area contributed by atoms with Crippen molar-refractivity contribution in [2.24, 2.45) is 0 Å². The molecular formula is C15H17NO3. The van der Waals surface area contributed by atoms with Gasteiger partial charge in [0, 0.05) is 19.0 Å². The molecule has 2 rings (SSSR count). The minimum absolute atomic E-state index is 0.0353. The van der Waals surface area contributed by atoms with Gasteiger partial charge in [-0.05, 0) is 36.6 Å².